The maximum Gasteiger partial charge on any atom is 0.125 e. The summed E-state index contributed by atoms with van der Waals surface area (Å²) in [6, 6.07) is 4.19. The third-order valence-corrected chi connectivity index (χ3v) is 3.64. The Morgan fingerprint density at radius 3 is 2.74 bits per heavy atom. The van der Waals surface area contributed by atoms with Gasteiger partial charge in [0.1, 0.15) is 5.82 Å². The SMILES string of the molecule is CCc1nn(C)c(CNc2cc(F)ccc2Cl)c1Cl. The Hall–Kier alpha value is -1.26. The average molecular weight is 302 g/mol. The summed E-state index contributed by atoms with van der Waals surface area (Å²) in [4.78, 5) is 0. The summed E-state index contributed by atoms with van der Waals surface area (Å²) in [5, 5.41) is 8.50. The predicted molar refractivity (Wildman–Crippen MR) is 76.3 cm³/mol. The van der Waals surface area contributed by atoms with Gasteiger partial charge in [0.2, 0.25) is 0 Å². The Morgan fingerprint density at radius 1 is 1.37 bits per heavy atom. The number of rotatable bonds is 4. The number of aromatic nitrogens is 2. The fourth-order valence-corrected chi connectivity index (χ4v) is 2.37. The van der Waals surface area contributed by atoms with Crippen molar-refractivity contribution in [1.29, 1.82) is 0 Å². The van der Waals surface area contributed by atoms with Crippen LogP contribution in [0.5, 0.6) is 0 Å². The summed E-state index contributed by atoms with van der Waals surface area (Å²) >= 11 is 12.2. The molecule has 1 aromatic heterocycles. The Balaban J connectivity index is 2.19. The van der Waals surface area contributed by atoms with Crippen LogP contribution in [0.2, 0.25) is 10.0 Å². The lowest BCUT2D eigenvalue weighted by Crippen LogP contribution is -2.06. The smallest absolute Gasteiger partial charge is 0.125 e. The number of nitrogens with zero attached hydrogens (tertiary/aromatic N) is 2. The number of nitrogens with one attached hydrogen (secondary N) is 1. The summed E-state index contributed by atoms with van der Waals surface area (Å²) in [5.74, 6) is -0.336. The van der Waals surface area contributed by atoms with Crippen LogP contribution in [-0.2, 0) is 20.0 Å². The van der Waals surface area contributed by atoms with Crippen LogP contribution in [-0.4, -0.2) is 9.78 Å². The topological polar surface area (TPSA) is 29.9 Å². The third kappa shape index (κ3) is 3.01. The quantitative estimate of drug-likeness (QED) is 0.923. The van der Waals surface area contributed by atoms with Crippen LogP contribution in [0.4, 0.5) is 10.1 Å². The summed E-state index contributed by atoms with van der Waals surface area (Å²) < 4.78 is 14.9. The molecule has 1 N–H and O–H groups in total. The first-order chi connectivity index (χ1) is 9.02. The molecule has 1 heterocycles. The van der Waals surface area contributed by atoms with Crippen molar-refractivity contribution in [2.24, 2.45) is 7.05 Å². The molecule has 2 rings (SSSR count). The summed E-state index contributed by atoms with van der Waals surface area (Å²) in [6.45, 7) is 2.43. The van der Waals surface area contributed by atoms with E-state index in [4.69, 9.17) is 23.2 Å². The highest BCUT2D eigenvalue weighted by Crippen LogP contribution is 2.25. The molecule has 102 valence electrons. The molecule has 0 saturated carbocycles. The molecule has 2 aromatic rings. The minimum atomic E-state index is -0.336. The van der Waals surface area contributed by atoms with Crippen molar-refractivity contribution in [3.05, 3.63) is 45.4 Å². The summed E-state index contributed by atoms with van der Waals surface area (Å²) in [7, 11) is 1.83. The highest BCUT2D eigenvalue weighted by atomic mass is 35.5. The molecule has 0 fully saturated rings. The van der Waals surface area contributed by atoms with Gasteiger partial charge in [-0.1, -0.05) is 30.1 Å². The fourth-order valence-electron chi connectivity index (χ4n) is 1.82. The van der Waals surface area contributed by atoms with Gasteiger partial charge in [0.25, 0.3) is 0 Å². The highest BCUT2D eigenvalue weighted by molar-refractivity contribution is 6.33. The van der Waals surface area contributed by atoms with Gasteiger partial charge in [-0.3, -0.25) is 4.68 Å². The molecule has 0 bridgehead atoms. The number of hydrogen-bond donors (Lipinski definition) is 1. The molecule has 0 aliphatic rings. The van der Waals surface area contributed by atoms with Crippen molar-refractivity contribution in [2.45, 2.75) is 19.9 Å². The van der Waals surface area contributed by atoms with E-state index in [2.05, 4.69) is 10.4 Å². The molecular formula is C13H14Cl2FN3. The van der Waals surface area contributed by atoms with Crippen LogP contribution in [0.25, 0.3) is 0 Å². The van der Waals surface area contributed by atoms with E-state index in [9.17, 15) is 4.39 Å². The lowest BCUT2D eigenvalue weighted by Gasteiger charge is -2.09. The van der Waals surface area contributed by atoms with Gasteiger partial charge in [-0.25, -0.2) is 4.39 Å². The van der Waals surface area contributed by atoms with Crippen molar-refractivity contribution < 1.29 is 4.39 Å². The summed E-state index contributed by atoms with van der Waals surface area (Å²) in [6.07, 6.45) is 0.771. The van der Waals surface area contributed by atoms with Gasteiger partial charge < -0.3 is 5.32 Å². The lowest BCUT2D eigenvalue weighted by atomic mass is 10.2. The molecule has 0 aliphatic carbocycles. The number of hydrogen-bond acceptors (Lipinski definition) is 2. The van der Waals surface area contributed by atoms with Gasteiger partial charge in [0, 0.05) is 7.05 Å². The first-order valence-electron chi connectivity index (χ1n) is 5.92. The molecule has 0 aliphatic heterocycles. The van der Waals surface area contributed by atoms with E-state index in [1.165, 1.54) is 18.2 Å². The molecule has 19 heavy (non-hydrogen) atoms. The van der Waals surface area contributed by atoms with Crippen LogP contribution in [0, 0.1) is 5.82 Å². The van der Waals surface area contributed by atoms with Crippen molar-refractivity contribution >= 4 is 28.9 Å². The fraction of sp³-hybridized carbons (Fsp3) is 0.308. The van der Waals surface area contributed by atoms with Crippen LogP contribution < -0.4 is 5.32 Å². The molecule has 6 heteroatoms. The number of benzene rings is 1. The lowest BCUT2D eigenvalue weighted by molar-refractivity contribution is 0.628. The first kappa shape index (κ1) is 14.2. The van der Waals surface area contributed by atoms with Crippen molar-refractivity contribution in [3.8, 4) is 0 Å². The van der Waals surface area contributed by atoms with Gasteiger partial charge >= 0.3 is 0 Å². The molecule has 0 saturated heterocycles. The van der Waals surface area contributed by atoms with Crippen molar-refractivity contribution in [3.63, 3.8) is 0 Å². The second kappa shape index (κ2) is 5.80. The molecule has 0 atom stereocenters. The highest BCUT2D eigenvalue weighted by Gasteiger charge is 2.13. The Kier molecular flexibility index (Phi) is 4.32. The zero-order valence-electron chi connectivity index (χ0n) is 10.7. The molecule has 0 amide bonds. The Labute approximate surface area is 121 Å². The first-order valence-corrected chi connectivity index (χ1v) is 6.67. The van der Waals surface area contributed by atoms with Crippen molar-refractivity contribution in [1.82, 2.24) is 9.78 Å². The van der Waals surface area contributed by atoms with Crippen LogP contribution in [0.3, 0.4) is 0 Å². The summed E-state index contributed by atoms with van der Waals surface area (Å²) in [5.41, 5.74) is 2.24. The van der Waals surface area contributed by atoms with Gasteiger partial charge in [0.05, 0.1) is 33.7 Å². The van der Waals surface area contributed by atoms with E-state index >= 15 is 0 Å². The largest absolute Gasteiger partial charge is 0.378 e. The number of anilines is 1. The molecular weight excluding hydrogens is 288 g/mol. The molecule has 1 aromatic carbocycles. The second-order valence-corrected chi connectivity index (χ2v) is 4.95. The molecule has 0 radical (unpaired) electrons. The van der Waals surface area contributed by atoms with Gasteiger partial charge in [-0.2, -0.15) is 5.10 Å². The third-order valence-electron chi connectivity index (χ3n) is 2.88. The maximum absolute atomic E-state index is 13.1. The zero-order valence-corrected chi connectivity index (χ0v) is 12.2. The minimum Gasteiger partial charge on any atom is -0.378 e. The van der Waals surface area contributed by atoms with Crippen LogP contribution >= 0.6 is 23.2 Å². The van der Waals surface area contributed by atoms with Crippen molar-refractivity contribution in [2.75, 3.05) is 5.32 Å². The van der Waals surface area contributed by atoms with E-state index in [0.29, 0.717) is 22.3 Å². The number of halogens is 3. The van der Waals surface area contributed by atoms with Gasteiger partial charge in [0.15, 0.2) is 0 Å². The van der Waals surface area contributed by atoms with E-state index in [1.54, 1.807) is 4.68 Å². The van der Waals surface area contributed by atoms with Gasteiger partial charge in [-0.05, 0) is 24.6 Å². The minimum absolute atomic E-state index is 0.336. The average Bonchev–Trinajstić information content (AvgIpc) is 2.66. The Morgan fingerprint density at radius 2 is 2.11 bits per heavy atom. The molecule has 0 spiro atoms. The van der Waals surface area contributed by atoms with E-state index in [1.807, 2.05) is 14.0 Å². The van der Waals surface area contributed by atoms with Crippen LogP contribution in [0.1, 0.15) is 18.3 Å². The predicted octanol–water partition coefficient (Wildman–Crippen LogP) is 4.04. The second-order valence-electron chi connectivity index (χ2n) is 4.16. The Bertz CT molecular complexity index is 596. The van der Waals surface area contributed by atoms with E-state index < -0.39 is 0 Å². The molecule has 0 unspecified atom stereocenters. The van der Waals surface area contributed by atoms with E-state index in [-0.39, 0.29) is 5.82 Å². The van der Waals surface area contributed by atoms with Crippen LogP contribution in [0.15, 0.2) is 18.2 Å². The molecule has 3 nitrogen and oxygen atoms in total. The maximum atomic E-state index is 13.1. The van der Waals surface area contributed by atoms with E-state index in [0.717, 1.165) is 17.8 Å². The monoisotopic (exact) mass is 301 g/mol. The zero-order chi connectivity index (χ0) is 14.0. The van der Waals surface area contributed by atoms with Gasteiger partial charge in [-0.15, -0.1) is 0 Å². The normalized spacial score (nSPS) is 10.8. The number of aryl methyl sites for hydroxylation is 2. The standard InChI is InChI=1S/C13H14Cl2FN3/c1-3-10-13(15)12(19(2)18-10)7-17-11-6-8(16)4-5-9(11)14/h4-6,17H,3,7H2,1-2H3.